The molecule has 0 unspecified atom stereocenters. The molecular weight excluding hydrogens is 591 g/mol. The second-order valence-corrected chi connectivity index (χ2v) is 10.5. The van der Waals surface area contributed by atoms with Crippen LogP contribution in [0.4, 0.5) is 19.0 Å². The van der Waals surface area contributed by atoms with Crippen LogP contribution in [-0.2, 0) is 11.3 Å². The van der Waals surface area contributed by atoms with Gasteiger partial charge >= 0.3 is 18.2 Å². The number of halogens is 3. The van der Waals surface area contributed by atoms with Crippen molar-refractivity contribution >= 4 is 17.6 Å². The van der Waals surface area contributed by atoms with E-state index in [9.17, 15) is 32.9 Å². The Bertz CT molecular complexity index is 1480. The van der Waals surface area contributed by atoms with Gasteiger partial charge in [-0.3, -0.25) is 14.2 Å². The molecule has 0 aliphatic carbocycles. The lowest BCUT2D eigenvalue weighted by molar-refractivity contribution is -0.389. The summed E-state index contributed by atoms with van der Waals surface area (Å²) in [7, 11) is 0. The Labute approximate surface area is 248 Å². The van der Waals surface area contributed by atoms with Crippen LogP contribution in [0.5, 0.6) is 23.3 Å². The number of nitrogens with one attached hydrogen (secondary N) is 1. The number of fused-ring (bicyclic) bond motifs is 1. The predicted octanol–water partition coefficient (Wildman–Crippen LogP) is 3.72. The lowest BCUT2D eigenvalue weighted by Crippen LogP contribution is -2.46. The van der Waals surface area contributed by atoms with Crippen LogP contribution in [-0.4, -0.2) is 75.5 Å². The van der Waals surface area contributed by atoms with Gasteiger partial charge in [0.25, 0.3) is 5.91 Å². The highest BCUT2D eigenvalue weighted by Crippen LogP contribution is 2.31. The number of alkyl halides is 3. The van der Waals surface area contributed by atoms with E-state index in [0.29, 0.717) is 49.5 Å². The van der Waals surface area contributed by atoms with Crippen LogP contribution in [0.1, 0.15) is 30.1 Å². The van der Waals surface area contributed by atoms with Crippen LogP contribution in [0.15, 0.2) is 54.7 Å². The van der Waals surface area contributed by atoms with Gasteiger partial charge in [0.05, 0.1) is 13.1 Å². The number of carbonyl (C=O) groups is 2. The number of nitro groups is 1. The fourth-order valence-corrected chi connectivity index (χ4v) is 4.80. The number of piperidine rings is 1. The highest BCUT2D eigenvalue weighted by atomic mass is 19.4. The molecule has 13 nitrogen and oxygen atoms in total. The second-order valence-electron chi connectivity index (χ2n) is 10.5. The van der Waals surface area contributed by atoms with Crippen molar-refractivity contribution in [1.82, 2.24) is 19.8 Å². The van der Waals surface area contributed by atoms with E-state index in [0.717, 1.165) is 0 Å². The van der Waals surface area contributed by atoms with Crippen molar-refractivity contribution in [3.05, 3.63) is 70.4 Å². The molecule has 0 bridgehead atoms. The molecule has 2 aromatic carbocycles. The minimum Gasteiger partial charge on any atom is -0.490 e. The van der Waals surface area contributed by atoms with E-state index in [2.05, 4.69) is 15.0 Å². The summed E-state index contributed by atoms with van der Waals surface area (Å²) < 4.78 is 59.7. The summed E-state index contributed by atoms with van der Waals surface area (Å²) in [6.07, 6.45) is -2.63. The minimum absolute atomic E-state index is 0.134. The van der Waals surface area contributed by atoms with Crippen LogP contribution in [0.3, 0.4) is 0 Å². The third-order valence-corrected chi connectivity index (χ3v) is 6.97. The summed E-state index contributed by atoms with van der Waals surface area (Å²) in [4.78, 5) is 41.0. The molecule has 1 atom stereocenters. The standard InChI is InChI=1S/C28H28F3N5O8/c1-27(16-35-15-23(36(39)40)33-26(35)44-27)17-41-19-4-2-18(3-5-19)25(38)32-14-24(37)34-12-10-21(11-13-34)42-20-6-8-22(9-7-20)43-28(29,30)31/h2-9,15,21H,10-14,16-17H2,1H3,(H,32,38)/t27-/m0/s1. The lowest BCUT2D eigenvalue weighted by atomic mass is 10.1. The maximum absolute atomic E-state index is 12.7. The molecule has 2 aliphatic rings. The number of hydrogen-bond donors (Lipinski definition) is 1. The smallest absolute Gasteiger partial charge is 0.490 e. The molecule has 0 spiro atoms. The van der Waals surface area contributed by atoms with Gasteiger partial charge in [-0.25, -0.2) is 0 Å². The molecule has 234 valence electrons. The second kappa shape index (κ2) is 12.3. The van der Waals surface area contributed by atoms with Crippen LogP contribution in [0.2, 0.25) is 0 Å². The molecule has 0 saturated carbocycles. The van der Waals surface area contributed by atoms with E-state index < -0.39 is 22.8 Å². The first kappa shape index (κ1) is 30.4. The fourth-order valence-electron chi connectivity index (χ4n) is 4.80. The number of imidazole rings is 1. The van der Waals surface area contributed by atoms with E-state index >= 15 is 0 Å². The number of aromatic nitrogens is 2. The molecule has 0 radical (unpaired) electrons. The van der Waals surface area contributed by atoms with Gasteiger partial charge in [0.2, 0.25) is 5.91 Å². The molecule has 1 fully saturated rings. The van der Waals surface area contributed by atoms with Crippen molar-refractivity contribution in [3.8, 4) is 23.3 Å². The van der Waals surface area contributed by atoms with Crippen molar-refractivity contribution < 1.29 is 46.6 Å². The number of benzene rings is 2. The van der Waals surface area contributed by atoms with Crippen LogP contribution >= 0.6 is 0 Å². The molecular formula is C28H28F3N5O8. The van der Waals surface area contributed by atoms with Gasteiger partial charge in [-0.2, -0.15) is 0 Å². The third-order valence-electron chi connectivity index (χ3n) is 6.97. The minimum atomic E-state index is -4.77. The van der Waals surface area contributed by atoms with Crippen molar-refractivity contribution in [3.63, 3.8) is 0 Å². The number of ether oxygens (including phenoxy) is 4. The van der Waals surface area contributed by atoms with E-state index in [4.69, 9.17) is 14.2 Å². The molecule has 2 aliphatic heterocycles. The summed E-state index contributed by atoms with van der Waals surface area (Å²) in [5.41, 5.74) is -0.450. The average Bonchev–Trinajstić information content (AvgIpc) is 3.51. The highest BCUT2D eigenvalue weighted by molar-refractivity contribution is 5.96. The molecule has 3 heterocycles. The Morgan fingerprint density at radius 1 is 1.09 bits per heavy atom. The molecule has 44 heavy (non-hydrogen) atoms. The summed E-state index contributed by atoms with van der Waals surface area (Å²) in [6, 6.07) is 11.6. The predicted molar refractivity (Wildman–Crippen MR) is 146 cm³/mol. The van der Waals surface area contributed by atoms with E-state index in [1.165, 1.54) is 30.5 Å². The Kier molecular flexibility index (Phi) is 8.51. The maximum Gasteiger partial charge on any atom is 0.573 e. The number of carbonyl (C=O) groups excluding carboxylic acids is 2. The first-order chi connectivity index (χ1) is 20.9. The normalized spacial score (nSPS) is 18.2. The fraction of sp³-hybridized carbons (Fsp3) is 0.393. The van der Waals surface area contributed by atoms with Crippen molar-refractivity contribution in [2.45, 2.75) is 44.4 Å². The zero-order valence-corrected chi connectivity index (χ0v) is 23.4. The average molecular weight is 620 g/mol. The molecule has 3 aromatic rings. The Hall–Kier alpha value is -5.02. The van der Waals surface area contributed by atoms with E-state index in [-0.39, 0.29) is 42.7 Å². The summed E-state index contributed by atoms with van der Waals surface area (Å²) in [6.45, 7) is 2.87. The van der Waals surface area contributed by atoms with Gasteiger partial charge in [0.1, 0.15) is 36.2 Å². The van der Waals surface area contributed by atoms with Crippen molar-refractivity contribution in [2.24, 2.45) is 0 Å². The molecule has 1 N–H and O–H groups in total. The Morgan fingerprint density at radius 3 is 2.34 bits per heavy atom. The van der Waals surface area contributed by atoms with E-state index in [1.807, 2.05) is 0 Å². The largest absolute Gasteiger partial charge is 0.573 e. The maximum atomic E-state index is 12.7. The van der Waals surface area contributed by atoms with Gasteiger partial charge in [0, 0.05) is 36.5 Å². The first-order valence-corrected chi connectivity index (χ1v) is 13.6. The number of rotatable bonds is 10. The number of nitrogens with zero attached hydrogens (tertiary/aromatic N) is 4. The lowest BCUT2D eigenvalue weighted by Gasteiger charge is -2.32. The number of likely N-dealkylation sites (tertiary alicyclic amines) is 1. The quantitative estimate of drug-likeness (QED) is 0.265. The van der Waals surface area contributed by atoms with Gasteiger partial charge in [-0.05, 0) is 60.4 Å². The number of hydrogen-bond acceptors (Lipinski definition) is 9. The summed E-state index contributed by atoms with van der Waals surface area (Å²) >= 11 is 0. The molecule has 1 aromatic heterocycles. The zero-order valence-electron chi connectivity index (χ0n) is 23.4. The SMILES string of the molecule is C[C@@]1(COc2ccc(C(=O)NCC(=O)N3CCC(Oc4ccc(OC(F)(F)F)cc4)CC3)cc2)Cn2cc([N+](=O)[O-])nc2O1. The van der Waals surface area contributed by atoms with Crippen molar-refractivity contribution in [2.75, 3.05) is 26.2 Å². The highest BCUT2D eigenvalue weighted by Gasteiger charge is 2.41. The monoisotopic (exact) mass is 619 g/mol. The van der Waals surface area contributed by atoms with Gasteiger partial charge in [0.15, 0.2) is 5.60 Å². The van der Waals surface area contributed by atoms with Gasteiger partial charge in [-0.15, -0.1) is 13.2 Å². The van der Waals surface area contributed by atoms with Crippen LogP contribution in [0.25, 0.3) is 0 Å². The Morgan fingerprint density at radius 2 is 1.73 bits per heavy atom. The Balaban J connectivity index is 1.01. The van der Waals surface area contributed by atoms with Gasteiger partial charge in [-0.1, -0.05) is 0 Å². The molecule has 16 heteroatoms. The van der Waals surface area contributed by atoms with Crippen LogP contribution < -0.4 is 24.3 Å². The van der Waals surface area contributed by atoms with Gasteiger partial charge < -0.3 is 39.3 Å². The zero-order chi connectivity index (χ0) is 31.5. The summed E-state index contributed by atoms with van der Waals surface area (Å²) in [5, 5.41) is 13.5. The number of amides is 2. The third kappa shape index (κ3) is 7.67. The van der Waals surface area contributed by atoms with Crippen molar-refractivity contribution in [1.29, 1.82) is 0 Å². The molecule has 5 rings (SSSR count). The van der Waals surface area contributed by atoms with E-state index in [1.54, 1.807) is 40.7 Å². The summed E-state index contributed by atoms with van der Waals surface area (Å²) in [5.74, 6) is -0.433. The first-order valence-electron chi connectivity index (χ1n) is 13.6. The topological polar surface area (TPSA) is 147 Å². The molecule has 1 saturated heterocycles. The van der Waals surface area contributed by atoms with Crippen LogP contribution in [0, 0.1) is 10.1 Å². The molecule has 2 amide bonds.